The van der Waals surface area contributed by atoms with Crippen LogP contribution in [0.2, 0.25) is 0 Å². The summed E-state index contributed by atoms with van der Waals surface area (Å²) in [4.78, 5) is 42.2. The topological polar surface area (TPSA) is 96.2 Å². The number of hydrogen-bond acceptors (Lipinski definition) is 8. The van der Waals surface area contributed by atoms with Crippen LogP contribution in [0.3, 0.4) is 0 Å². The maximum Gasteiger partial charge on any atom is 0.338 e. The number of carbonyl (C=O) groups is 3. The zero-order valence-electron chi connectivity index (χ0n) is 18.5. The second-order valence-electron chi connectivity index (χ2n) is 6.73. The summed E-state index contributed by atoms with van der Waals surface area (Å²) in [6.07, 6.45) is 0.233. The molecular formula is C23H24N2O6S2. The van der Waals surface area contributed by atoms with Crippen molar-refractivity contribution in [3.8, 4) is 5.75 Å². The van der Waals surface area contributed by atoms with Gasteiger partial charge in [-0.3, -0.25) is 9.59 Å². The molecule has 0 saturated carbocycles. The summed E-state index contributed by atoms with van der Waals surface area (Å²) in [6, 6.07) is 12.6. The molecule has 3 rings (SSSR count). The van der Waals surface area contributed by atoms with Gasteiger partial charge in [-0.25, -0.2) is 4.79 Å². The standard InChI is InChI=1S/C23H24N2O6S2/c1-4-31-22(28)15-5-10-18-19(13-15)33-23(25(18)14-21(27)30-3)24-20(26)11-12-32-17-8-6-16(29-2)7-9-17/h5-10,13H,4,11-12,14H2,1-3H3. The van der Waals surface area contributed by atoms with Crippen LogP contribution in [0.5, 0.6) is 5.75 Å². The van der Waals surface area contributed by atoms with E-state index in [0.29, 0.717) is 26.3 Å². The lowest BCUT2D eigenvalue weighted by molar-refractivity contribution is -0.141. The van der Waals surface area contributed by atoms with Gasteiger partial charge in [0, 0.05) is 17.1 Å². The Balaban J connectivity index is 1.81. The summed E-state index contributed by atoms with van der Waals surface area (Å²) < 4.78 is 17.3. The minimum Gasteiger partial charge on any atom is -0.497 e. The van der Waals surface area contributed by atoms with Gasteiger partial charge < -0.3 is 18.8 Å². The molecular weight excluding hydrogens is 464 g/mol. The first-order chi connectivity index (χ1) is 15.9. The maximum absolute atomic E-state index is 12.6. The van der Waals surface area contributed by atoms with E-state index in [1.165, 1.54) is 18.4 Å². The highest BCUT2D eigenvalue weighted by Gasteiger charge is 2.15. The van der Waals surface area contributed by atoms with E-state index in [1.54, 1.807) is 48.6 Å². The van der Waals surface area contributed by atoms with E-state index in [-0.39, 0.29) is 25.5 Å². The monoisotopic (exact) mass is 488 g/mol. The molecule has 0 unspecified atom stereocenters. The molecule has 0 N–H and O–H groups in total. The van der Waals surface area contributed by atoms with Gasteiger partial charge in [-0.1, -0.05) is 11.3 Å². The van der Waals surface area contributed by atoms with Gasteiger partial charge in [0.05, 0.1) is 36.6 Å². The van der Waals surface area contributed by atoms with Crippen molar-refractivity contribution in [1.82, 2.24) is 4.57 Å². The van der Waals surface area contributed by atoms with Crippen molar-refractivity contribution >= 4 is 51.2 Å². The average molecular weight is 489 g/mol. The fraction of sp³-hybridized carbons (Fsp3) is 0.304. The number of thioether (sulfide) groups is 1. The largest absolute Gasteiger partial charge is 0.497 e. The molecule has 1 aromatic heterocycles. The van der Waals surface area contributed by atoms with Gasteiger partial charge in [-0.2, -0.15) is 4.99 Å². The summed E-state index contributed by atoms with van der Waals surface area (Å²) in [7, 11) is 2.91. The van der Waals surface area contributed by atoms with E-state index >= 15 is 0 Å². The molecule has 0 aliphatic carbocycles. The quantitative estimate of drug-likeness (QED) is 0.335. The Morgan fingerprint density at radius 1 is 1.09 bits per heavy atom. The Morgan fingerprint density at radius 2 is 1.85 bits per heavy atom. The second kappa shape index (κ2) is 11.7. The molecule has 0 atom stereocenters. The van der Waals surface area contributed by atoms with E-state index in [0.717, 1.165) is 10.6 Å². The average Bonchev–Trinajstić information content (AvgIpc) is 3.15. The molecule has 0 fully saturated rings. The first-order valence-corrected chi connectivity index (χ1v) is 12.0. The van der Waals surface area contributed by atoms with Crippen LogP contribution in [0, 0.1) is 0 Å². The number of hydrogen-bond donors (Lipinski definition) is 0. The number of fused-ring (bicyclic) bond motifs is 1. The van der Waals surface area contributed by atoms with Gasteiger partial charge in [-0.05, 0) is 49.4 Å². The predicted molar refractivity (Wildman–Crippen MR) is 127 cm³/mol. The Bertz CT molecular complexity index is 1210. The van der Waals surface area contributed by atoms with E-state index in [1.807, 2.05) is 24.3 Å². The number of aromatic nitrogens is 1. The fourth-order valence-electron chi connectivity index (χ4n) is 2.94. The van der Waals surface area contributed by atoms with Crippen LogP contribution in [0.4, 0.5) is 0 Å². The maximum atomic E-state index is 12.6. The van der Waals surface area contributed by atoms with E-state index < -0.39 is 11.9 Å². The zero-order chi connectivity index (χ0) is 23.8. The molecule has 1 amide bonds. The normalized spacial score (nSPS) is 11.4. The number of methoxy groups -OCH3 is 2. The smallest absolute Gasteiger partial charge is 0.338 e. The fourth-order valence-corrected chi connectivity index (χ4v) is 4.86. The van der Waals surface area contributed by atoms with Crippen LogP contribution in [0.15, 0.2) is 52.4 Å². The molecule has 174 valence electrons. The highest BCUT2D eigenvalue weighted by atomic mass is 32.2. The van der Waals surface area contributed by atoms with E-state index in [9.17, 15) is 14.4 Å². The summed E-state index contributed by atoms with van der Waals surface area (Å²) >= 11 is 2.77. The van der Waals surface area contributed by atoms with Crippen LogP contribution in [-0.2, 0) is 25.6 Å². The van der Waals surface area contributed by atoms with Crippen molar-refractivity contribution in [3.63, 3.8) is 0 Å². The van der Waals surface area contributed by atoms with Gasteiger partial charge in [0.25, 0.3) is 0 Å². The number of nitrogens with zero attached hydrogens (tertiary/aromatic N) is 2. The Kier molecular flexibility index (Phi) is 8.67. The van der Waals surface area contributed by atoms with Crippen molar-refractivity contribution in [2.24, 2.45) is 4.99 Å². The number of thiazole rings is 1. The molecule has 0 aliphatic heterocycles. The summed E-state index contributed by atoms with van der Waals surface area (Å²) in [6.45, 7) is 1.91. The summed E-state index contributed by atoms with van der Waals surface area (Å²) in [5.41, 5.74) is 1.07. The number of carbonyl (C=O) groups excluding carboxylic acids is 3. The Hall–Kier alpha value is -3.11. The molecule has 1 heterocycles. The Morgan fingerprint density at radius 3 is 2.52 bits per heavy atom. The van der Waals surface area contributed by atoms with Crippen LogP contribution in [0.1, 0.15) is 23.7 Å². The van der Waals surface area contributed by atoms with Crippen molar-refractivity contribution in [2.75, 3.05) is 26.6 Å². The lowest BCUT2D eigenvalue weighted by atomic mass is 10.2. The van der Waals surface area contributed by atoms with Crippen molar-refractivity contribution in [2.45, 2.75) is 24.8 Å². The minimum absolute atomic E-state index is 0.0953. The van der Waals surface area contributed by atoms with Crippen LogP contribution >= 0.6 is 23.1 Å². The predicted octanol–water partition coefficient (Wildman–Crippen LogP) is 3.67. The third-order valence-electron chi connectivity index (χ3n) is 4.57. The first kappa shape index (κ1) is 24.5. The molecule has 8 nitrogen and oxygen atoms in total. The van der Waals surface area contributed by atoms with E-state index in [2.05, 4.69) is 4.99 Å². The number of esters is 2. The molecule has 33 heavy (non-hydrogen) atoms. The molecule has 10 heteroatoms. The molecule has 0 saturated heterocycles. The molecule has 0 radical (unpaired) electrons. The van der Waals surface area contributed by atoms with Gasteiger partial charge in [-0.15, -0.1) is 11.8 Å². The highest BCUT2D eigenvalue weighted by molar-refractivity contribution is 7.99. The first-order valence-electron chi connectivity index (χ1n) is 10.2. The molecule has 0 aliphatic rings. The number of ether oxygens (including phenoxy) is 3. The third kappa shape index (κ3) is 6.45. The SMILES string of the molecule is CCOC(=O)c1ccc2c(c1)sc(=NC(=O)CCSc1ccc(OC)cc1)n2CC(=O)OC. The van der Waals surface area contributed by atoms with Crippen LogP contribution in [0.25, 0.3) is 10.2 Å². The molecule has 0 spiro atoms. The molecule has 0 bridgehead atoms. The minimum atomic E-state index is -0.465. The molecule has 3 aromatic rings. The third-order valence-corrected chi connectivity index (χ3v) is 6.63. The van der Waals surface area contributed by atoms with Gasteiger partial charge in [0.2, 0.25) is 5.91 Å². The zero-order valence-corrected chi connectivity index (χ0v) is 20.2. The van der Waals surface area contributed by atoms with Crippen LogP contribution < -0.4 is 9.54 Å². The summed E-state index contributed by atoms with van der Waals surface area (Å²) in [5, 5.41) is 0. The second-order valence-corrected chi connectivity index (χ2v) is 8.91. The van der Waals surface area contributed by atoms with Gasteiger partial charge in [0.1, 0.15) is 12.3 Å². The van der Waals surface area contributed by atoms with Crippen molar-refractivity contribution in [3.05, 3.63) is 52.8 Å². The number of rotatable bonds is 9. The van der Waals surface area contributed by atoms with Gasteiger partial charge in [0.15, 0.2) is 4.80 Å². The Labute approximate surface area is 199 Å². The van der Waals surface area contributed by atoms with E-state index in [4.69, 9.17) is 14.2 Å². The number of benzene rings is 2. The lowest BCUT2D eigenvalue weighted by Crippen LogP contribution is -2.22. The highest BCUT2D eigenvalue weighted by Crippen LogP contribution is 2.22. The summed E-state index contributed by atoms with van der Waals surface area (Å²) in [5.74, 6) is 0.137. The van der Waals surface area contributed by atoms with Crippen LogP contribution in [-0.4, -0.2) is 49.0 Å². The van der Waals surface area contributed by atoms with Crippen molar-refractivity contribution in [1.29, 1.82) is 0 Å². The van der Waals surface area contributed by atoms with Gasteiger partial charge >= 0.3 is 11.9 Å². The number of amides is 1. The van der Waals surface area contributed by atoms with Crippen molar-refractivity contribution < 1.29 is 28.6 Å². The lowest BCUT2D eigenvalue weighted by Gasteiger charge is -2.05. The molecule has 2 aromatic carbocycles.